The monoisotopic (exact) mass is 327 g/mol. The van der Waals surface area contributed by atoms with E-state index in [1.54, 1.807) is 0 Å². The van der Waals surface area contributed by atoms with Crippen LogP contribution < -0.4 is 4.74 Å². The number of para-hydroxylation sites is 1. The van der Waals surface area contributed by atoms with Gasteiger partial charge in [-0.3, -0.25) is 4.99 Å². The Hall–Kier alpha value is -2.87. The van der Waals surface area contributed by atoms with E-state index in [2.05, 4.69) is 18.2 Å². The number of aryl methyl sites for hydroxylation is 1. The number of aliphatic imine (C=N–C) groups is 1. The first-order chi connectivity index (χ1) is 12.4. The minimum absolute atomic E-state index is 0.834. The van der Waals surface area contributed by atoms with Gasteiger partial charge in [-0.15, -0.1) is 0 Å². The van der Waals surface area contributed by atoms with Crippen LogP contribution in [0, 0.1) is 0 Å². The fraction of sp³-hybridized carbons (Fsp3) is 0.174. The first kappa shape index (κ1) is 15.6. The predicted molar refractivity (Wildman–Crippen MR) is 103 cm³/mol. The van der Waals surface area contributed by atoms with Crippen LogP contribution in [0.4, 0.5) is 5.69 Å². The van der Waals surface area contributed by atoms with Gasteiger partial charge in [0.05, 0.1) is 5.69 Å². The first-order valence-corrected chi connectivity index (χ1v) is 8.86. The molecule has 0 aromatic heterocycles. The van der Waals surface area contributed by atoms with Crippen LogP contribution in [0.1, 0.15) is 29.5 Å². The van der Waals surface area contributed by atoms with Crippen molar-refractivity contribution in [1.82, 2.24) is 0 Å². The Kier molecular flexibility index (Phi) is 4.60. The Bertz CT molecular complexity index is 866. The summed E-state index contributed by atoms with van der Waals surface area (Å²) in [5, 5.41) is 0. The average molecular weight is 327 g/mol. The molecule has 0 bridgehead atoms. The molecule has 124 valence electrons. The van der Waals surface area contributed by atoms with Crippen LogP contribution in [0.15, 0.2) is 77.8 Å². The molecule has 0 radical (unpaired) electrons. The van der Waals surface area contributed by atoms with Crippen molar-refractivity contribution < 1.29 is 4.74 Å². The van der Waals surface area contributed by atoms with Crippen molar-refractivity contribution >= 4 is 11.9 Å². The second-order valence-electron chi connectivity index (χ2n) is 6.36. The van der Waals surface area contributed by atoms with Gasteiger partial charge in [0.25, 0.3) is 0 Å². The Morgan fingerprint density at radius 1 is 0.720 bits per heavy atom. The summed E-state index contributed by atoms with van der Waals surface area (Å²) in [5.74, 6) is 1.68. The number of hydrogen-bond donors (Lipinski definition) is 0. The summed E-state index contributed by atoms with van der Waals surface area (Å²) in [6, 6.07) is 24.3. The number of nitrogens with zero attached hydrogens (tertiary/aromatic N) is 1. The lowest BCUT2D eigenvalue weighted by molar-refractivity contribution is 0.482. The van der Waals surface area contributed by atoms with Gasteiger partial charge in [0.2, 0.25) is 0 Å². The largest absolute Gasteiger partial charge is 0.457 e. The molecule has 0 fully saturated rings. The molecule has 0 atom stereocenters. The van der Waals surface area contributed by atoms with Crippen molar-refractivity contribution in [3.8, 4) is 11.5 Å². The number of ether oxygens (including phenoxy) is 1. The number of benzene rings is 3. The van der Waals surface area contributed by atoms with Crippen molar-refractivity contribution in [1.29, 1.82) is 0 Å². The van der Waals surface area contributed by atoms with Gasteiger partial charge < -0.3 is 4.74 Å². The minimum atomic E-state index is 0.834. The van der Waals surface area contributed by atoms with Gasteiger partial charge in [0, 0.05) is 6.21 Å². The normalized spacial score (nSPS) is 13.6. The average Bonchev–Trinajstić information content (AvgIpc) is 2.68. The Balaban J connectivity index is 1.49. The fourth-order valence-electron chi connectivity index (χ4n) is 3.27. The third-order valence-corrected chi connectivity index (χ3v) is 4.58. The van der Waals surface area contributed by atoms with Crippen molar-refractivity contribution in [2.24, 2.45) is 4.99 Å². The van der Waals surface area contributed by atoms with Crippen molar-refractivity contribution in [3.63, 3.8) is 0 Å². The fourth-order valence-corrected chi connectivity index (χ4v) is 3.27. The highest BCUT2D eigenvalue weighted by Crippen LogP contribution is 2.29. The second kappa shape index (κ2) is 7.35. The maximum absolute atomic E-state index is 5.83. The van der Waals surface area contributed by atoms with E-state index < -0.39 is 0 Å². The molecule has 25 heavy (non-hydrogen) atoms. The molecule has 0 saturated heterocycles. The maximum atomic E-state index is 5.83. The molecule has 2 nitrogen and oxygen atoms in total. The zero-order valence-corrected chi connectivity index (χ0v) is 14.2. The Labute approximate surface area is 148 Å². The summed E-state index contributed by atoms with van der Waals surface area (Å²) in [4.78, 5) is 4.74. The lowest BCUT2D eigenvalue weighted by Gasteiger charge is -2.17. The molecule has 0 unspecified atom stereocenters. The van der Waals surface area contributed by atoms with Crippen LogP contribution in [0.25, 0.3) is 0 Å². The van der Waals surface area contributed by atoms with Crippen LogP contribution in [-0.4, -0.2) is 6.21 Å². The molecule has 2 heteroatoms. The third-order valence-electron chi connectivity index (χ3n) is 4.58. The van der Waals surface area contributed by atoms with Crippen LogP contribution in [0.2, 0.25) is 0 Å². The SMILES string of the molecule is C(=Nc1cccc2c1CCCC2)c1ccc(Oc2ccccc2)cc1. The van der Waals surface area contributed by atoms with Gasteiger partial charge in [0.1, 0.15) is 11.5 Å². The third kappa shape index (κ3) is 3.80. The van der Waals surface area contributed by atoms with Crippen LogP contribution in [0.3, 0.4) is 0 Å². The molecule has 0 amide bonds. The van der Waals surface area contributed by atoms with Crippen molar-refractivity contribution in [3.05, 3.63) is 89.5 Å². The highest BCUT2D eigenvalue weighted by molar-refractivity contribution is 5.82. The lowest BCUT2D eigenvalue weighted by Crippen LogP contribution is -2.02. The molecular formula is C23H21NO. The molecule has 3 aromatic rings. The highest BCUT2D eigenvalue weighted by Gasteiger charge is 2.11. The van der Waals surface area contributed by atoms with Gasteiger partial charge in [-0.25, -0.2) is 0 Å². The van der Waals surface area contributed by atoms with Crippen molar-refractivity contribution in [2.45, 2.75) is 25.7 Å². The standard InChI is InChI=1S/C23H21NO/c1-2-9-20(10-3-1)25-21-15-13-18(14-16-21)17-24-23-12-6-8-19-7-4-5-11-22(19)23/h1-3,6,8-10,12-17H,4-5,7,11H2. The smallest absolute Gasteiger partial charge is 0.127 e. The van der Waals surface area contributed by atoms with E-state index in [0.717, 1.165) is 29.2 Å². The number of hydrogen-bond acceptors (Lipinski definition) is 2. The van der Waals surface area contributed by atoms with E-state index in [-0.39, 0.29) is 0 Å². The molecule has 1 aliphatic carbocycles. The highest BCUT2D eigenvalue weighted by atomic mass is 16.5. The van der Waals surface area contributed by atoms with Crippen LogP contribution >= 0.6 is 0 Å². The Morgan fingerprint density at radius 2 is 1.48 bits per heavy atom. The van der Waals surface area contributed by atoms with E-state index in [0.29, 0.717) is 0 Å². The van der Waals surface area contributed by atoms with Gasteiger partial charge in [-0.2, -0.15) is 0 Å². The summed E-state index contributed by atoms with van der Waals surface area (Å²) in [6.07, 6.45) is 6.83. The number of fused-ring (bicyclic) bond motifs is 1. The zero-order chi connectivity index (χ0) is 16.9. The van der Waals surface area contributed by atoms with Gasteiger partial charge in [-0.1, -0.05) is 30.3 Å². The molecule has 1 aliphatic rings. The molecule has 3 aromatic carbocycles. The quantitative estimate of drug-likeness (QED) is 0.530. The lowest BCUT2D eigenvalue weighted by atomic mass is 9.90. The first-order valence-electron chi connectivity index (χ1n) is 8.86. The van der Waals surface area contributed by atoms with Gasteiger partial charge in [-0.05, 0) is 84.8 Å². The summed E-state index contributed by atoms with van der Waals surface area (Å²) in [6.45, 7) is 0. The second-order valence-corrected chi connectivity index (χ2v) is 6.36. The summed E-state index contributed by atoms with van der Waals surface area (Å²) in [7, 11) is 0. The number of rotatable bonds is 4. The molecule has 0 saturated carbocycles. The summed E-state index contributed by atoms with van der Waals surface area (Å²) >= 11 is 0. The zero-order valence-electron chi connectivity index (χ0n) is 14.2. The van der Waals surface area contributed by atoms with E-state index in [1.807, 2.05) is 60.8 Å². The van der Waals surface area contributed by atoms with Crippen molar-refractivity contribution in [2.75, 3.05) is 0 Å². The van der Waals surface area contributed by atoms with Gasteiger partial charge in [0.15, 0.2) is 0 Å². The Morgan fingerprint density at radius 3 is 2.32 bits per heavy atom. The van der Waals surface area contributed by atoms with Gasteiger partial charge >= 0.3 is 0 Å². The van der Waals surface area contributed by atoms with E-state index in [1.165, 1.54) is 30.4 Å². The molecule has 0 heterocycles. The van der Waals surface area contributed by atoms with E-state index >= 15 is 0 Å². The molecule has 0 spiro atoms. The van der Waals surface area contributed by atoms with Crippen LogP contribution in [0.5, 0.6) is 11.5 Å². The van der Waals surface area contributed by atoms with E-state index in [4.69, 9.17) is 9.73 Å². The van der Waals surface area contributed by atoms with E-state index in [9.17, 15) is 0 Å². The topological polar surface area (TPSA) is 21.6 Å². The minimum Gasteiger partial charge on any atom is -0.457 e. The van der Waals surface area contributed by atoms with Crippen LogP contribution in [-0.2, 0) is 12.8 Å². The predicted octanol–water partition coefficient (Wildman–Crippen LogP) is 6.11. The maximum Gasteiger partial charge on any atom is 0.127 e. The molecule has 0 aliphatic heterocycles. The molecular weight excluding hydrogens is 306 g/mol. The molecule has 4 rings (SSSR count). The summed E-state index contributed by atoms with van der Waals surface area (Å²) < 4.78 is 5.83. The summed E-state index contributed by atoms with van der Waals surface area (Å²) in [5.41, 5.74) is 5.08. The molecule has 0 N–H and O–H groups in total.